The van der Waals surface area contributed by atoms with Crippen molar-refractivity contribution in [3.63, 3.8) is 0 Å². The average molecular weight is 424 g/mol. The van der Waals surface area contributed by atoms with Crippen LogP contribution in [0.3, 0.4) is 0 Å². The Morgan fingerprint density at radius 2 is 2.10 bits per heavy atom. The fourth-order valence-electron chi connectivity index (χ4n) is 3.87. The summed E-state index contributed by atoms with van der Waals surface area (Å²) < 4.78 is 5.77. The Hall–Kier alpha value is -2.79. The number of anilines is 1. The molecular weight excluding hydrogens is 398 g/mol. The van der Waals surface area contributed by atoms with Crippen molar-refractivity contribution in [2.45, 2.75) is 26.2 Å². The summed E-state index contributed by atoms with van der Waals surface area (Å²) in [6, 6.07) is 15.8. The molecule has 0 bridgehead atoms. The lowest BCUT2D eigenvalue weighted by molar-refractivity contribution is -0.121. The summed E-state index contributed by atoms with van der Waals surface area (Å²) in [5.74, 6) is 1.80. The van der Waals surface area contributed by atoms with Gasteiger partial charge in [-0.3, -0.25) is 4.79 Å². The highest BCUT2D eigenvalue weighted by atomic mass is 35.5. The van der Waals surface area contributed by atoms with Crippen molar-refractivity contribution in [2.75, 3.05) is 24.5 Å². The van der Waals surface area contributed by atoms with Crippen molar-refractivity contribution < 1.29 is 9.21 Å². The van der Waals surface area contributed by atoms with Gasteiger partial charge < -0.3 is 14.6 Å². The van der Waals surface area contributed by atoms with Crippen LogP contribution in [0.25, 0.3) is 11.3 Å². The highest BCUT2D eigenvalue weighted by molar-refractivity contribution is 6.30. The van der Waals surface area contributed by atoms with Crippen molar-refractivity contribution in [2.24, 2.45) is 5.92 Å². The van der Waals surface area contributed by atoms with Crippen LogP contribution in [-0.4, -0.2) is 30.5 Å². The largest absolute Gasteiger partial charge is 0.441 e. The second-order valence-corrected chi connectivity index (χ2v) is 8.26. The normalized spacial score (nSPS) is 16.1. The smallest absolute Gasteiger partial charge is 0.220 e. The Kier molecular flexibility index (Phi) is 6.38. The van der Waals surface area contributed by atoms with Crippen LogP contribution in [0.4, 0.5) is 5.69 Å². The molecule has 1 amide bonds. The zero-order valence-electron chi connectivity index (χ0n) is 17.1. The molecule has 5 nitrogen and oxygen atoms in total. The molecule has 6 heteroatoms. The molecule has 1 aliphatic heterocycles. The lowest BCUT2D eigenvalue weighted by Crippen LogP contribution is -2.31. The standard InChI is InChI=1S/C24H26ClN3O2/c1-17-7-8-20(25)13-21(17)28-12-11-18(16-28)14-26-23(29)9-10-24-27-15-22(30-24)19-5-3-2-4-6-19/h2-8,13,15,18H,9-12,14,16H2,1H3,(H,26,29). The third kappa shape index (κ3) is 5.03. The van der Waals surface area contributed by atoms with Gasteiger partial charge in [-0.25, -0.2) is 4.98 Å². The molecule has 0 saturated carbocycles. The van der Waals surface area contributed by atoms with Gasteiger partial charge in [0.15, 0.2) is 11.7 Å². The van der Waals surface area contributed by atoms with E-state index in [0.717, 1.165) is 35.9 Å². The molecule has 4 rings (SSSR count). The van der Waals surface area contributed by atoms with Gasteiger partial charge in [0.2, 0.25) is 5.91 Å². The molecule has 2 aromatic carbocycles. The first-order chi connectivity index (χ1) is 14.6. The van der Waals surface area contributed by atoms with E-state index in [2.05, 4.69) is 28.2 Å². The van der Waals surface area contributed by atoms with E-state index >= 15 is 0 Å². The number of oxazole rings is 1. The third-order valence-corrected chi connectivity index (χ3v) is 5.80. The van der Waals surface area contributed by atoms with Crippen LogP contribution in [0, 0.1) is 12.8 Å². The van der Waals surface area contributed by atoms with Crippen LogP contribution in [0.5, 0.6) is 0 Å². The maximum Gasteiger partial charge on any atom is 0.220 e. The van der Waals surface area contributed by atoms with E-state index in [-0.39, 0.29) is 5.91 Å². The van der Waals surface area contributed by atoms with Gasteiger partial charge in [-0.2, -0.15) is 0 Å². The highest BCUT2D eigenvalue weighted by Crippen LogP contribution is 2.29. The minimum absolute atomic E-state index is 0.0341. The van der Waals surface area contributed by atoms with Gasteiger partial charge >= 0.3 is 0 Å². The van der Waals surface area contributed by atoms with Gasteiger partial charge in [0, 0.05) is 48.7 Å². The molecule has 30 heavy (non-hydrogen) atoms. The molecule has 1 aliphatic rings. The number of hydrogen-bond donors (Lipinski definition) is 1. The number of aryl methyl sites for hydroxylation is 2. The number of carbonyl (C=O) groups excluding carboxylic acids is 1. The zero-order chi connectivity index (χ0) is 20.9. The van der Waals surface area contributed by atoms with Crippen LogP contribution in [0.2, 0.25) is 5.02 Å². The number of carbonyl (C=O) groups is 1. The molecule has 156 valence electrons. The van der Waals surface area contributed by atoms with Crippen molar-refractivity contribution in [3.05, 3.63) is 71.2 Å². The monoisotopic (exact) mass is 423 g/mol. The fraction of sp³-hybridized carbons (Fsp3) is 0.333. The summed E-state index contributed by atoms with van der Waals surface area (Å²) in [5, 5.41) is 3.83. The Labute approximate surface area is 182 Å². The van der Waals surface area contributed by atoms with Crippen LogP contribution >= 0.6 is 11.6 Å². The van der Waals surface area contributed by atoms with Gasteiger partial charge in [0.1, 0.15) is 0 Å². The summed E-state index contributed by atoms with van der Waals surface area (Å²) in [4.78, 5) is 18.9. The fourth-order valence-corrected chi connectivity index (χ4v) is 4.04. The van der Waals surface area contributed by atoms with Gasteiger partial charge in [0.05, 0.1) is 6.20 Å². The van der Waals surface area contributed by atoms with E-state index in [0.29, 0.717) is 31.2 Å². The predicted octanol–water partition coefficient (Wildman–Crippen LogP) is 4.88. The molecule has 0 spiro atoms. The minimum Gasteiger partial charge on any atom is -0.441 e. The van der Waals surface area contributed by atoms with Gasteiger partial charge in [-0.15, -0.1) is 0 Å². The predicted molar refractivity (Wildman–Crippen MR) is 120 cm³/mol. The molecule has 1 unspecified atom stereocenters. The number of halogens is 1. The third-order valence-electron chi connectivity index (χ3n) is 5.56. The maximum absolute atomic E-state index is 12.3. The number of nitrogens with one attached hydrogen (secondary N) is 1. The quantitative estimate of drug-likeness (QED) is 0.588. The van der Waals surface area contributed by atoms with Crippen LogP contribution in [-0.2, 0) is 11.2 Å². The summed E-state index contributed by atoms with van der Waals surface area (Å²) in [5.41, 5.74) is 3.40. The molecule has 1 aromatic heterocycles. The second kappa shape index (κ2) is 9.35. The van der Waals surface area contributed by atoms with E-state index in [4.69, 9.17) is 16.0 Å². The molecule has 1 fully saturated rings. The number of aromatic nitrogens is 1. The van der Waals surface area contributed by atoms with Gasteiger partial charge in [-0.1, -0.05) is 48.0 Å². The van der Waals surface area contributed by atoms with Crippen LogP contribution < -0.4 is 10.2 Å². The van der Waals surface area contributed by atoms with Crippen LogP contribution in [0.1, 0.15) is 24.3 Å². The molecule has 1 saturated heterocycles. The van der Waals surface area contributed by atoms with Crippen molar-refractivity contribution >= 4 is 23.2 Å². The summed E-state index contributed by atoms with van der Waals surface area (Å²) in [6.45, 7) is 4.71. The lowest BCUT2D eigenvalue weighted by Gasteiger charge is -2.21. The van der Waals surface area contributed by atoms with Crippen molar-refractivity contribution in [3.8, 4) is 11.3 Å². The second-order valence-electron chi connectivity index (χ2n) is 7.82. The van der Waals surface area contributed by atoms with Crippen molar-refractivity contribution in [1.82, 2.24) is 10.3 Å². The Bertz CT molecular complexity index is 1000. The molecule has 3 aromatic rings. The average Bonchev–Trinajstić information content (AvgIpc) is 3.43. The highest BCUT2D eigenvalue weighted by Gasteiger charge is 2.24. The molecule has 2 heterocycles. The van der Waals surface area contributed by atoms with E-state index in [9.17, 15) is 4.79 Å². The molecular formula is C24H26ClN3O2. The Balaban J connectivity index is 1.22. The Morgan fingerprint density at radius 3 is 2.93 bits per heavy atom. The van der Waals surface area contributed by atoms with E-state index in [1.54, 1.807) is 6.20 Å². The number of amides is 1. The topological polar surface area (TPSA) is 58.4 Å². The summed E-state index contributed by atoms with van der Waals surface area (Å²) >= 11 is 6.16. The Morgan fingerprint density at radius 1 is 1.27 bits per heavy atom. The van der Waals surface area contributed by atoms with E-state index < -0.39 is 0 Å². The molecule has 1 atom stereocenters. The van der Waals surface area contributed by atoms with Crippen LogP contribution in [0.15, 0.2) is 59.1 Å². The number of rotatable bonds is 7. The van der Waals surface area contributed by atoms with Gasteiger partial charge in [0.25, 0.3) is 0 Å². The van der Waals surface area contributed by atoms with E-state index in [1.165, 1.54) is 11.3 Å². The molecule has 0 aliphatic carbocycles. The zero-order valence-corrected chi connectivity index (χ0v) is 17.9. The summed E-state index contributed by atoms with van der Waals surface area (Å²) in [6.07, 6.45) is 3.65. The van der Waals surface area contributed by atoms with E-state index in [1.807, 2.05) is 42.5 Å². The molecule has 1 N–H and O–H groups in total. The lowest BCUT2D eigenvalue weighted by atomic mass is 10.1. The maximum atomic E-state index is 12.3. The number of benzene rings is 2. The SMILES string of the molecule is Cc1ccc(Cl)cc1N1CCC(CNC(=O)CCc2ncc(-c3ccccc3)o2)C1. The number of nitrogens with zero attached hydrogens (tertiary/aromatic N) is 2. The first kappa shape index (κ1) is 20.5. The number of hydrogen-bond acceptors (Lipinski definition) is 4. The van der Waals surface area contributed by atoms with Gasteiger partial charge in [-0.05, 0) is 37.0 Å². The summed E-state index contributed by atoms with van der Waals surface area (Å²) in [7, 11) is 0. The van der Waals surface area contributed by atoms with Crippen molar-refractivity contribution in [1.29, 1.82) is 0 Å². The molecule has 0 radical (unpaired) electrons. The first-order valence-electron chi connectivity index (χ1n) is 10.4. The minimum atomic E-state index is 0.0341. The first-order valence-corrected chi connectivity index (χ1v) is 10.7.